The number of aromatic amines is 1. The van der Waals surface area contributed by atoms with Crippen LogP contribution in [0.15, 0.2) is 0 Å². The molecule has 6 heteroatoms. The van der Waals surface area contributed by atoms with E-state index < -0.39 is 0 Å². The average molecular weight is 265 g/mol. The number of nitrogens with two attached hydrogens (primary N) is 1. The zero-order chi connectivity index (χ0) is 14.0. The molecule has 0 radical (unpaired) electrons. The lowest BCUT2D eigenvalue weighted by molar-refractivity contribution is 0.0571. The summed E-state index contributed by atoms with van der Waals surface area (Å²) in [6, 6.07) is 0.0787. The molecule has 1 aliphatic rings. The van der Waals surface area contributed by atoms with E-state index in [4.69, 9.17) is 5.73 Å². The van der Waals surface area contributed by atoms with Crippen LogP contribution in [0.5, 0.6) is 0 Å². The van der Waals surface area contributed by atoms with Crippen molar-refractivity contribution in [1.82, 2.24) is 20.1 Å². The summed E-state index contributed by atoms with van der Waals surface area (Å²) in [7, 11) is 0. The van der Waals surface area contributed by atoms with Crippen LogP contribution in [0.1, 0.15) is 62.4 Å². The second-order valence-corrected chi connectivity index (χ2v) is 5.62. The van der Waals surface area contributed by atoms with E-state index in [0.717, 1.165) is 31.6 Å². The summed E-state index contributed by atoms with van der Waals surface area (Å²) in [6.45, 7) is 6.73. The molecule has 1 aliphatic heterocycles. The second-order valence-electron chi connectivity index (χ2n) is 5.62. The van der Waals surface area contributed by atoms with Crippen molar-refractivity contribution in [2.24, 2.45) is 5.73 Å². The highest BCUT2D eigenvalue weighted by molar-refractivity contribution is 5.90. The van der Waals surface area contributed by atoms with Crippen molar-refractivity contribution in [3.05, 3.63) is 11.6 Å². The minimum atomic E-state index is -0.106. The van der Waals surface area contributed by atoms with Crippen LogP contribution in [0.4, 0.5) is 0 Å². The summed E-state index contributed by atoms with van der Waals surface area (Å²) in [5.74, 6) is 1.14. The molecular weight excluding hydrogens is 242 g/mol. The molecule has 1 aromatic heterocycles. The zero-order valence-electron chi connectivity index (χ0n) is 11.9. The van der Waals surface area contributed by atoms with E-state index in [1.807, 2.05) is 25.7 Å². The van der Waals surface area contributed by atoms with Gasteiger partial charge in [-0.05, 0) is 26.2 Å². The first-order chi connectivity index (χ1) is 9.00. The van der Waals surface area contributed by atoms with Gasteiger partial charge in [0.25, 0.3) is 5.91 Å². The van der Waals surface area contributed by atoms with E-state index >= 15 is 0 Å². The van der Waals surface area contributed by atoms with Gasteiger partial charge in [-0.1, -0.05) is 13.8 Å². The Morgan fingerprint density at radius 3 is 2.74 bits per heavy atom. The normalized spacial score (nSPS) is 21.7. The van der Waals surface area contributed by atoms with E-state index in [-0.39, 0.29) is 29.7 Å². The Morgan fingerprint density at radius 2 is 2.16 bits per heavy atom. The highest BCUT2D eigenvalue weighted by Crippen LogP contribution is 2.21. The quantitative estimate of drug-likeness (QED) is 0.861. The standard InChI is InChI=1S/C13H23N5O/c1-8(2)11-15-12(17-16-11)13(19)18-7-5-4-6-10(18)9(3)14/h8-10H,4-7,14H2,1-3H3,(H,15,16,17). The van der Waals surface area contributed by atoms with Gasteiger partial charge in [0.05, 0.1) is 0 Å². The summed E-state index contributed by atoms with van der Waals surface area (Å²) in [5, 5.41) is 6.87. The molecule has 0 saturated carbocycles. The maximum Gasteiger partial charge on any atom is 0.293 e. The zero-order valence-corrected chi connectivity index (χ0v) is 11.9. The summed E-state index contributed by atoms with van der Waals surface area (Å²) in [6.07, 6.45) is 3.11. The molecule has 19 heavy (non-hydrogen) atoms. The third kappa shape index (κ3) is 2.94. The van der Waals surface area contributed by atoms with Crippen LogP contribution in [0, 0.1) is 0 Å². The van der Waals surface area contributed by atoms with Crippen LogP contribution in [0.3, 0.4) is 0 Å². The van der Waals surface area contributed by atoms with Gasteiger partial charge in [0.15, 0.2) is 0 Å². The molecule has 0 aromatic carbocycles. The fraction of sp³-hybridized carbons (Fsp3) is 0.769. The predicted molar refractivity (Wildman–Crippen MR) is 72.8 cm³/mol. The van der Waals surface area contributed by atoms with Gasteiger partial charge in [-0.25, -0.2) is 4.98 Å². The summed E-state index contributed by atoms with van der Waals surface area (Å²) in [4.78, 5) is 18.6. The number of H-pyrrole nitrogens is 1. The summed E-state index contributed by atoms with van der Waals surface area (Å²) in [5.41, 5.74) is 5.98. The summed E-state index contributed by atoms with van der Waals surface area (Å²) < 4.78 is 0. The van der Waals surface area contributed by atoms with Crippen LogP contribution in [0.2, 0.25) is 0 Å². The lowest BCUT2D eigenvalue weighted by atomic mass is 9.97. The number of hydrogen-bond acceptors (Lipinski definition) is 4. The number of rotatable bonds is 3. The minimum Gasteiger partial charge on any atom is -0.331 e. The van der Waals surface area contributed by atoms with E-state index in [2.05, 4.69) is 15.2 Å². The first kappa shape index (κ1) is 14.0. The molecule has 0 spiro atoms. The molecule has 6 nitrogen and oxygen atoms in total. The van der Waals surface area contributed by atoms with E-state index in [9.17, 15) is 4.79 Å². The van der Waals surface area contributed by atoms with Gasteiger partial charge >= 0.3 is 0 Å². The first-order valence-electron chi connectivity index (χ1n) is 6.99. The highest BCUT2D eigenvalue weighted by Gasteiger charge is 2.31. The fourth-order valence-corrected chi connectivity index (χ4v) is 2.51. The Balaban J connectivity index is 2.16. The molecule has 0 aliphatic carbocycles. The molecule has 0 bridgehead atoms. The van der Waals surface area contributed by atoms with Crippen molar-refractivity contribution in [3.63, 3.8) is 0 Å². The molecule has 1 fully saturated rings. The van der Waals surface area contributed by atoms with Gasteiger partial charge < -0.3 is 10.6 Å². The Kier molecular flexibility index (Phi) is 4.19. The molecule has 2 rings (SSSR count). The molecule has 1 saturated heterocycles. The van der Waals surface area contributed by atoms with Crippen LogP contribution < -0.4 is 5.73 Å². The third-order valence-corrected chi connectivity index (χ3v) is 3.66. The van der Waals surface area contributed by atoms with Crippen LogP contribution in [-0.2, 0) is 0 Å². The van der Waals surface area contributed by atoms with Crippen LogP contribution >= 0.6 is 0 Å². The molecule has 106 valence electrons. The number of aromatic nitrogens is 3. The van der Waals surface area contributed by atoms with Crippen molar-refractivity contribution < 1.29 is 4.79 Å². The van der Waals surface area contributed by atoms with Gasteiger partial charge in [0, 0.05) is 24.5 Å². The average Bonchev–Trinajstić information content (AvgIpc) is 2.87. The SMILES string of the molecule is CC(C)c1nc(C(=O)N2CCCCC2C(C)N)n[nH]1. The van der Waals surface area contributed by atoms with Crippen molar-refractivity contribution in [1.29, 1.82) is 0 Å². The van der Waals surface area contributed by atoms with Crippen molar-refractivity contribution >= 4 is 5.91 Å². The van der Waals surface area contributed by atoms with E-state index in [1.54, 1.807) is 0 Å². The van der Waals surface area contributed by atoms with Crippen molar-refractivity contribution in [2.45, 2.75) is 58.0 Å². The lowest BCUT2D eigenvalue weighted by Crippen LogP contribution is -2.51. The van der Waals surface area contributed by atoms with E-state index in [1.165, 1.54) is 0 Å². The topological polar surface area (TPSA) is 87.9 Å². The largest absolute Gasteiger partial charge is 0.331 e. The molecule has 3 N–H and O–H groups in total. The van der Waals surface area contributed by atoms with Gasteiger partial charge in [-0.3, -0.25) is 9.89 Å². The Labute approximate surface area is 113 Å². The van der Waals surface area contributed by atoms with Crippen LogP contribution in [-0.4, -0.2) is 44.6 Å². The molecule has 2 unspecified atom stereocenters. The number of nitrogens with zero attached hydrogens (tertiary/aromatic N) is 3. The Hall–Kier alpha value is -1.43. The number of likely N-dealkylation sites (tertiary alicyclic amines) is 1. The summed E-state index contributed by atoms with van der Waals surface area (Å²) >= 11 is 0. The molecule has 2 atom stereocenters. The van der Waals surface area contributed by atoms with Gasteiger partial charge in [-0.2, -0.15) is 0 Å². The lowest BCUT2D eigenvalue weighted by Gasteiger charge is -2.37. The maximum absolute atomic E-state index is 12.5. The van der Waals surface area contributed by atoms with Gasteiger partial charge in [0.1, 0.15) is 5.82 Å². The number of amides is 1. The molecular formula is C13H23N5O. The Bertz CT molecular complexity index is 440. The van der Waals surface area contributed by atoms with Gasteiger partial charge in [0.2, 0.25) is 5.82 Å². The Morgan fingerprint density at radius 1 is 1.42 bits per heavy atom. The molecule has 1 amide bonds. The van der Waals surface area contributed by atoms with E-state index in [0.29, 0.717) is 0 Å². The second kappa shape index (κ2) is 5.69. The van der Waals surface area contributed by atoms with Gasteiger partial charge in [-0.15, -0.1) is 5.10 Å². The number of carbonyl (C=O) groups is 1. The minimum absolute atomic E-state index is 0.0206. The fourth-order valence-electron chi connectivity index (χ4n) is 2.51. The van der Waals surface area contributed by atoms with Crippen molar-refractivity contribution in [2.75, 3.05) is 6.54 Å². The number of carbonyl (C=O) groups excluding carboxylic acids is 1. The van der Waals surface area contributed by atoms with Crippen molar-refractivity contribution in [3.8, 4) is 0 Å². The maximum atomic E-state index is 12.5. The monoisotopic (exact) mass is 265 g/mol. The molecule has 2 heterocycles. The smallest absolute Gasteiger partial charge is 0.293 e. The number of hydrogen-bond donors (Lipinski definition) is 2. The highest BCUT2D eigenvalue weighted by atomic mass is 16.2. The molecule has 1 aromatic rings. The number of nitrogens with one attached hydrogen (secondary N) is 1. The third-order valence-electron chi connectivity index (χ3n) is 3.66. The van der Waals surface area contributed by atoms with Crippen LogP contribution in [0.25, 0.3) is 0 Å². The first-order valence-corrected chi connectivity index (χ1v) is 6.99. The number of piperidine rings is 1. The predicted octanol–water partition coefficient (Wildman–Crippen LogP) is 1.27.